The number of aliphatic carboxylic acids is 2. The molecule has 0 aliphatic carbocycles. The minimum Gasteiger partial charge on any atom is -0.481 e. The molecule has 1 fully saturated rings. The molecule has 114 valence electrons. The molecule has 3 atom stereocenters. The van der Waals surface area contributed by atoms with Gasteiger partial charge in [-0.15, -0.1) is 0 Å². The monoisotopic (exact) mass is 293 g/mol. The highest BCUT2D eigenvalue weighted by Crippen LogP contribution is 2.37. The number of β-amino-alcohol motifs (C(OH)–C–C–N with tert-alkyl or cyclic N) is 1. The van der Waals surface area contributed by atoms with E-state index in [4.69, 9.17) is 0 Å². The Morgan fingerprint density at radius 2 is 1.90 bits per heavy atom. The Morgan fingerprint density at radius 3 is 2.43 bits per heavy atom. The maximum absolute atomic E-state index is 11.6. The van der Waals surface area contributed by atoms with Gasteiger partial charge in [0.15, 0.2) is 0 Å². The van der Waals surface area contributed by atoms with Gasteiger partial charge in [-0.3, -0.25) is 14.5 Å². The van der Waals surface area contributed by atoms with Crippen molar-refractivity contribution in [1.82, 2.24) is 4.90 Å². The van der Waals surface area contributed by atoms with Crippen molar-refractivity contribution in [3.05, 3.63) is 35.9 Å². The standard InChI is InChI=1S/C15H19NO5/c1-15(14(20)21)7-11(17)9-16(12(15)13(18)19)8-10-5-3-2-4-6-10/h2-6,11-12,17H,7-9H2,1H3,(H,18,19)(H,20,21)/t11-,12-,15+/m1/s1. The smallest absolute Gasteiger partial charge is 0.322 e. The van der Waals surface area contributed by atoms with Crippen molar-refractivity contribution in [2.24, 2.45) is 5.41 Å². The normalized spacial score (nSPS) is 30.0. The molecule has 1 aliphatic rings. The summed E-state index contributed by atoms with van der Waals surface area (Å²) in [4.78, 5) is 24.7. The number of carbonyl (C=O) groups is 2. The zero-order chi connectivity index (χ0) is 15.6. The first-order valence-corrected chi connectivity index (χ1v) is 6.77. The molecule has 0 saturated carbocycles. The molecule has 0 bridgehead atoms. The molecule has 0 aromatic heterocycles. The van der Waals surface area contributed by atoms with Gasteiger partial charge in [-0.2, -0.15) is 0 Å². The van der Waals surface area contributed by atoms with E-state index in [0.29, 0.717) is 0 Å². The average molecular weight is 293 g/mol. The number of rotatable bonds is 4. The van der Waals surface area contributed by atoms with Crippen LogP contribution in [0.1, 0.15) is 18.9 Å². The number of aliphatic hydroxyl groups is 1. The Labute approximate surface area is 122 Å². The Kier molecular flexibility index (Phi) is 4.29. The molecule has 0 unspecified atom stereocenters. The van der Waals surface area contributed by atoms with Crippen molar-refractivity contribution in [2.45, 2.75) is 32.0 Å². The highest BCUT2D eigenvalue weighted by atomic mass is 16.4. The SMILES string of the molecule is C[C@]1(C(=O)O)C[C@@H](O)CN(Cc2ccccc2)[C@@H]1C(=O)O. The molecule has 0 amide bonds. The van der Waals surface area contributed by atoms with Crippen LogP contribution in [0.4, 0.5) is 0 Å². The second-order valence-corrected chi connectivity index (χ2v) is 5.74. The number of carboxylic acids is 2. The van der Waals surface area contributed by atoms with Crippen LogP contribution in [0.5, 0.6) is 0 Å². The zero-order valence-electron chi connectivity index (χ0n) is 11.8. The maximum atomic E-state index is 11.6. The fourth-order valence-electron chi connectivity index (χ4n) is 3.05. The summed E-state index contributed by atoms with van der Waals surface area (Å²) < 4.78 is 0. The largest absolute Gasteiger partial charge is 0.481 e. The van der Waals surface area contributed by atoms with E-state index in [0.717, 1.165) is 5.56 Å². The first kappa shape index (κ1) is 15.5. The van der Waals surface area contributed by atoms with E-state index in [1.165, 1.54) is 11.8 Å². The van der Waals surface area contributed by atoms with Crippen LogP contribution in [0.3, 0.4) is 0 Å². The van der Waals surface area contributed by atoms with E-state index < -0.39 is 29.5 Å². The first-order chi connectivity index (χ1) is 9.84. The lowest BCUT2D eigenvalue weighted by molar-refractivity contribution is -0.173. The van der Waals surface area contributed by atoms with Crippen LogP contribution >= 0.6 is 0 Å². The number of aliphatic hydroxyl groups excluding tert-OH is 1. The van der Waals surface area contributed by atoms with Crippen molar-refractivity contribution in [3.63, 3.8) is 0 Å². The molecular weight excluding hydrogens is 274 g/mol. The lowest BCUT2D eigenvalue weighted by atomic mass is 9.73. The lowest BCUT2D eigenvalue weighted by Crippen LogP contribution is -2.61. The fourth-order valence-corrected chi connectivity index (χ4v) is 3.05. The predicted octanol–water partition coefficient (Wildman–Crippen LogP) is 0.797. The van der Waals surface area contributed by atoms with Gasteiger partial charge in [0.1, 0.15) is 6.04 Å². The number of nitrogens with zero attached hydrogens (tertiary/aromatic N) is 1. The van der Waals surface area contributed by atoms with Crippen molar-refractivity contribution >= 4 is 11.9 Å². The second kappa shape index (κ2) is 5.83. The topological polar surface area (TPSA) is 98.1 Å². The third kappa shape index (κ3) is 3.06. The lowest BCUT2D eigenvalue weighted by Gasteiger charge is -2.45. The van der Waals surface area contributed by atoms with Crippen LogP contribution in [-0.2, 0) is 16.1 Å². The molecule has 1 aromatic carbocycles. The molecule has 1 saturated heterocycles. The minimum absolute atomic E-state index is 0.0649. The summed E-state index contributed by atoms with van der Waals surface area (Å²) in [6.45, 7) is 1.82. The van der Waals surface area contributed by atoms with E-state index in [-0.39, 0.29) is 19.5 Å². The summed E-state index contributed by atoms with van der Waals surface area (Å²) >= 11 is 0. The van der Waals surface area contributed by atoms with Gasteiger partial charge >= 0.3 is 11.9 Å². The second-order valence-electron chi connectivity index (χ2n) is 5.74. The maximum Gasteiger partial charge on any atom is 0.322 e. The Morgan fingerprint density at radius 1 is 1.29 bits per heavy atom. The number of likely N-dealkylation sites (tertiary alicyclic amines) is 1. The summed E-state index contributed by atoms with van der Waals surface area (Å²) in [5.74, 6) is -2.38. The summed E-state index contributed by atoms with van der Waals surface area (Å²) in [6.07, 6.45) is -0.921. The molecule has 6 nitrogen and oxygen atoms in total. The quantitative estimate of drug-likeness (QED) is 0.759. The molecule has 1 heterocycles. The van der Waals surface area contributed by atoms with Crippen LogP contribution < -0.4 is 0 Å². The molecule has 1 aliphatic heterocycles. The molecule has 3 N–H and O–H groups in total. The molecule has 0 radical (unpaired) electrons. The van der Waals surface area contributed by atoms with Crippen molar-refractivity contribution in [3.8, 4) is 0 Å². The molecular formula is C15H19NO5. The number of benzene rings is 1. The van der Waals surface area contributed by atoms with E-state index in [1.807, 2.05) is 30.3 Å². The molecule has 21 heavy (non-hydrogen) atoms. The fraction of sp³-hybridized carbons (Fsp3) is 0.467. The molecule has 2 rings (SSSR count). The summed E-state index contributed by atoms with van der Waals surface area (Å²) in [5.41, 5.74) is -0.635. The Bertz CT molecular complexity index is 532. The number of hydrogen-bond donors (Lipinski definition) is 3. The van der Waals surface area contributed by atoms with Crippen LogP contribution in [0, 0.1) is 5.41 Å². The minimum atomic E-state index is -1.52. The van der Waals surface area contributed by atoms with Gasteiger partial charge in [-0.25, -0.2) is 0 Å². The highest BCUT2D eigenvalue weighted by molar-refractivity contribution is 5.86. The van der Waals surface area contributed by atoms with Gasteiger partial charge in [0.25, 0.3) is 0 Å². The van der Waals surface area contributed by atoms with Crippen molar-refractivity contribution in [1.29, 1.82) is 0 Å². The van der Waals surface area contributed by atoms with Crippen LogP contribution in [0.25, 0.3) is 0 Å². The van der Waals surface area contributed by atoms with Gasteiger partial charge in [0.05, 0.1) is 11.5 Å². The molecule has 0 spiro atoms. The number of piperidine rings is 1. The Balaban J connectivity index is 2.33. The third-order valence-corrected chi connectivity index (χ3v) is 4.02. The van der Waals surface area contributed by atoms with Crippen LogP contribution in [0.15, 0.2) is 30.3 Å². The van der Waals surface area contributed by atoms with E-state index >= 15 is 0 Å². The molecule has 6 heteroatoms. The number of carboxylic acid groups (broad SMARTS) is 2. The summed E-state index contributed by atoms with van der Waals surface area (Å²) in [6, 6.07) is 8.04. The van der Waals surface area contributed by atoms with Crippen molar-refractivity contribution in [2.75, 3.05) is 6.54 Å². The van der Waals surface area contributed by atoms with Crippen LogP contribution in [0.2, 0.25) is 0 Å². The third-order valence-electron chi connectivity index (χ3n) is 4.02. The number of hydrogen-bond acceptors (Lipinski definition) is 4. The predicted molar refractivity (Wildman–Crippen MR) is 74.6 cm³/mol. The highest BCUT2D eigenvalue weighted by Gasteiger charge is 2.53. The van der Waals surface area contributed by atoms with Gasteiger partial charge < -0.3 is 15.3 Å². The van der Waals surface area contributed by atoms with E-state index in [9.17, 15) is 24.9 Å². The zero-order valence-corrected chi connectivity index (χ0v) is 11.8. The van der Waals surface area contributed by atoms with Gasteiger partial charge in [0.2, 0.25) is 0 Å². The van der Waals surface area contributed by atoms with Crippen molar-refractivity contribution < 1.29 is 24.9 Å². The first-order valence-electron chi connectivity index (χ1n) is 6.77. The summed E-state index contributed by atoms with van der Waals surface area (Å²) in [7, 11) is 0. The van der Waals surface area contributed by atoms with Gasteiger partial charge in [0, 0.05) is 13.1 Å². The summed E-state index contributed by atoms with van der Waals surface area (Å²) in [5, 5.41) is 28.8. The van der Waals surface area contributed by atoms with Gasteiger partial charge in [-0.05, 0) is 18.9 Å². The van der Waals surface area contributed by atoms with Gasteiger partial charge in [-0.1, -0.05) is 30.3 Å². The Hall–Kier alpha value is -1.92. The van der Waals surface area contributed by atoms with E-state index in [2.05, 4.69) is 0 Å². The molecule has 1 aromatic rings. The average Bonchev–Trinajstić information content (AvgIpc) is 2.38. The van der Waals surface area contributed by atoms with Crippen LogP contribution in [-0.4, -0.2) is 50.8 Å². The van der Waals surface area contributed by atoms with E-state index in [1.54, 1.807) is 0 Å².